The average molecular weight is 200 g/mol. The predicted octanol–water partition coefficient (Wildman–Crippen LogP) is 1.42. The molecule has 0 aliphatic heterocycles. The number of rotatable bonds is 5. The maximum atomic E-state index is 4.07. The molecule has 0 amide bonds. The van der Waals surface area contributed by atoms with E-state index in [-0.39, 0.29) is 0 Å². The van der Waals surface area contributed by atoms with Crippen molar-refractivity contribution >= 4 is 16.5 Å². The van der Waals surface area contributed by atoms with Gasteiger partial charge < -0.3 is 10.2 Å². The summed E-state index contributed by atoms with van der Waals surface area (Å²) in [6.45, 7) is 4.15. The van der Waals surface area contributed by atoms with E-state index in [1.807, 2.05) is 7.05 Å². The highest BCUT2D eigenvalue weighted by atomic mass is 32.1. The Hall–Kier alpha value is -0.680. The lowest BCUT2D eigenvalue weighted by atomic mass is 10.4. The molecule has 1 aromatic heterocycles. The van der Waals surface area contributed by atoms with Gasteiger partial charge in [0.25, 0.3) is 0 Å². The molecule has 1 heterocycles. The molecule has 0 aliphatic rings. The fraction of sp³-hybridized carbons (Fsp3) is 0.750. The Morgan fingerprint density at radius 1 is 1.54 bits per heavy atom. The van der Waals surface area contributed by atoms with E-state index < -0.39 is 0 Å². The zero-order valence-electron chi connectivity index (χ0n) is 8.37. The van der Waals surface area contributed by atoms with Crippen LogP contribution < -0.4 is 5.32 Å². The lowest BCUT2D eigenvalue weighted by Crippen LogP contribution is -2.19. The number of nitrogens with zero attached hydrogens (tertiary/aromatic N) is 3. The third-order valence-electron chi connectivity index (χ3n) is 1.81. The SMILES string of the molecule is CCCN(C)Cc1nnsc1NC. The summed E-state index contributed by atoms with van der Waals surface area (Å²) in [5, 5.41) is 8.24. The number of hydrogen-bond acceptors (Lipinski definition) is 5. The number of nitrogens with one attached hydrogen (secondary N) is 1. The van der Waals surface area contributed by atoms with Crippen LogP contribution in [-0.2, 0) is 6.54 Å². The lowest BCUT2D eigenvalue weighted by Gasteiger charge is -2.13. The van der Waals surface area contributed by atoms with Gasteiger partial charge in [-0.25, -0.2) is 0 Å². The van der Waals surface area contributed by atoms with Crippen LogP contribution in [-0.4, -0.2) is 35.1 Å². The van der Waals surface area contributed by atoms with Gasteiger partial charge >= 0.3 is 0 Å². The van der Waals surface area contributed by atoms with Gasteiger partial charge in [-0.3, -0.25) is 0 Å². The van der Waals surface area contributed by atoms with Gasteiger partial charge in [0.1, 0.15) is 10.7 Å². The summed E-state index contributed by atoms with van der Waals surface area (Å²) in [5.41, 5.74) is 1.04. The van der Waals surface area contributed by atoms with Crippen LogP contribution in [0.25, 0.3) is 0 Å². The van der Waals surface area contributed by atoms with Gasteiger partial charge in [-0.1, -0.05) is 11.4 Å². The number of hydrogen-bond donors (Lipinski definition) is 1. The van der Waals surface area contributed by atoms with Crippen LogP contribution in [0.2, 0.25) is 0 Å². The minimum absolute atomic E-state index is 0.876. The Labute approximate surface area is 83.1 Å². The lowest BCUT2D eigenvalue weighted by molar-refractivity contribution is 0.324. The van der Waals surface area contributed by atoms with Crippen LogP contribution >= 0.6 is 11.5 Å². The summed E-state index contributed by atoms with van der Waals surface area (Å²) in [6.07, 6.45) is 1.17. The van der Waals surface area contributed by atoms with E-state index in [1.165, 1.54) is 18.0 Å². The van der Waals surface area contributed by atoms with Crippen molar-refractivity contribution in [1.82, 2.24) is 14.5 Å². The molecule has 13 heavy (non-hydrogen) atoms. The maximum absolute atomic E-state index is 4.07. The van der Waals surface area contributed by atoms with E-state index in [2.05, 4.69) is 33.8 Å². The Morgan fingerprint density at radius 3 is 2.92 bits per heavy atom. The van der Waals surface area contributed by atoms with Gasteiger partial charge in [0.15, 0.2) is 0 Å². The van der Waals surface area contributed by atoms with E-state index in [0.29, 0.717) is 0 Å². The highest BCUT2D eigenvalue weighted by molar-refractivity contribution is 7.10. The molecule has 0 radical (unpaired) electrons. The van der Waals surface area contributed by atoms with Crippen LogP contribution in [0.4, 0.5) is 5.00 Å². The third kappa shape index (κ3) is 2.93. The molecule has 74 valence electrons. The second-order valence-electron chi connectivity index (χ2n) is 3.04. The molecule has 0 atom stereocenters. The van der Waals surface area contributed by atoms with Crippen LogP contribution in [0.3, 0.4) is 0 Å². The molecule has 0 spiro atoms. The first kappa shape index (κ1) is 10.4. The molecule has 0 fully saturated rings. The van der Waals surface area contributed by atoms with E-state index in [0.717, 1.165) is 23.8 Å². The van der Waals surface area contributed by atoms with Crippen molar-refractivity contribution in [2.24, 2.45) is 0 Å². The second kappa shape index (κ2) is 5.14. The summed E-state index contributed by atoms with van der Waals surface area (Å²) >= 11 is 1.41. The molecule has 0 aliphatic carbocycles. The van der Waals surface area contributed by atoms with Crippen LogP contribution in [0.15, 0.2) is 0 Å². The van der Waals surface area contributed by atoms with E-state index in [4.69, 9.17) is 0 Å². The van der Waals surface area contributed by atoms with Gasteiger partial charge in [0.05, 0.1) is 0 Å². The second-order valence-corrected chi connectivity index (χ2v) is 3.79. The molecule has 0 aromatic carbocycles. The monoisotopic (exact) mass is 200 g/mol. The maximum Gasteiger partial charge on any atom is 0.134 e. The fourth-order valence-electron chi connectivity index (χ4n) is 1.22. The largest absolute Gasteiger partial charge is 0.377 e. The molecule has 1 N–H and O–H groups in total. The molecule has 0 bridgehead atoms. The smallest absolute Gasteiger partial charge is 0.134 e. The quantitative estimate of drug-likeness (QED) is 0.780. The molecule has 0 unspecified atom stereocenters. The highest BCUT2D eigenvalue weighted by Gasteiger charge is 2.07. The van der Waals surface area contributed by atoms with Crippen LogP contribution in [0.5, 0.6) is 0 Å². The summed E-state index contributed by atoms with van der Waals surface area (Å²) in [6, 6.07) is 0. The number of anilines is 1. The molecule has 0 saturated heterocycles. The van der Waals surface area contributed by atoms with Gasteiger partial charge in [-0.2, -0.15) is 0 Å². The zero-order valence-corrected chi connectivity index (χ0v) is 9.19. The van der Waals surface area contributed by atoms with Crippen molar-refractivity contribution in [3.8, 4) is 0 Å². The first-order valence-corrected chi connectivity index (χ1v) is 5.22. The summed E-state index contributed by atoms with van der Waals surface area (Å²) in [7, 11) is 4.00. The predicted molar refractivity (Wildman–Crippen MR) is 56.1 cm³/mol. The molecule has 1 aromatic rings. The minimum Gasteiger partial charge on any atom is -0.377 e. The van der Waals surface area contributed by atoms with Crippen molar-refractivity contribution in [1.29, 1.82) is 0 Å². The third-order valence-corrected chi connectivity index (χ3v) is 2.59. The first-order valence-electron chi connectivity index (χ1n) is 4.45. The Balaban J connectivity index is 2.52. The topological polar surface area (TPSA) is 41.1 Å². The van der Waals surface area contributed by atoms with Gasteiger partial charge in [0, 0.05) is 25.1 Å². The highest BCUT2D eigenvalue weighted by Crippen LogP contribution is 2.17. The summed E-state index contributed by atoms with van der Waals surface area (Å²) in [5.74, 6) is 0. The summed E-state index contributed by atoms with van der Waals surface area (Å²) in [4.78, 5) is 2.25. The van der Waals surface area contributed by atoms with Crippen LogP contribution in [0, 0.1) is 0 Å². The van der Waals surface area contributed by atoms with Crippen LogP contribution in [0.1, 0.15) is 19.0 Å². The Morgan fingerprint density at radius 2 is 2.31 bits per heavy atom. The Kier molecular flexibility index (Phi) is 4.11. The van der Waals surface area contributed by atoms with Crippen molar-refractivity contribution in [3.63, 3.8) is 0 Å². The molecule has 0 saturated carbocycles. The molecular weight excluding hydrogens is 184 g/mol. The molecular formula is C8H16N4S. The normalized spacial score (nSPS) is 10.8. The van der Waals surface area contributed by atoms with Crippen molar-refractivity contribution in [2.45, 2.75) is 19.9 Å². The minimum atomic E-state index is 0.876. The van der Waals surface area contributed by atoms with E-state index in [1.54, 1.807) is 0 Å². The number of aromatic nitrogens is 2. The van der Waals surface area contributed by atoms with Crippen molar-refractivity contribution in [3.05, 3.63) is 5.69 Å². The Bertz CT molecular complexity index is 248. The van der Waals surface area contributed by atoms with Gasteiger partial charge in [0.2, 0.25) is 0 Å². The molecule has 5 heteroatoms. The first-order chi connectivity index (χ1) is 6.27. The van der Waals surface area contributed by atoms with Crippen molar-refractivity contribution < 1.29 is 0 Å². The van der Waals surface area contributed by atoms with E-state index in [9.17, 15) is 0 Å². The molecule has 1 rings (SSSR count). The van der Waals surface area contributed by atoms with E-state index >= 15 is 0 Å². The van der Waals surface area contributed by atoms with Gasteiger partial charge in [-0.05, 0) is 20.0 Å². The fourth-order valence-corrected chi connectivity index (χ4v) is 1.74. The van der Waals surface area contributed by atoms with Crippen molar-refractivity contribution in [2.75, 3.05) is 26.0 Å². The zero-order chi connectivity index (χ0) is 9.68. The average Bonchev–Trinajstić information content (AvgIpc) is 2.52. The molecule has 4 nitrogen and oxygen atoms in total. The summed E-state index contributed by atoms with van der Waals surface area (Å²) < 4.78 is 3.91. The van der Waals surface area contributed by atoms with Gasteiger partial charge in [-0.15, -0.1) is 5.10 Å². The standard InChI is InChI=1S/C8H16N4S/c1-4-5-12(3)6-7-8(9-2)13-11-10-7/h9H,4-6H2,1-3H3.